The van der Waals surface area contributed by atoms with Crippen LogP contribution in [0.4, 0.5) is 5.69 Å². The summed E-state index contributed by atoms with van der Waals surface area (Å²) in [7, 11) is 0. The molecule has 1 spiro atoms. The first kappa shape index (κ1) is 27.0. The molecule has 36 heavy (non-hydrogen) atoms. The van der Waals surface area contributed by atoms with Crippen molar-refractivity contribution in [3.8, 4) is 0 Å². The Morgan fingerprint density at radius 3 is 2.42 bits per heavy atom. The molecule has 0 saturated heterocycles. The third kappa shape index (κ3) is 5.45. The maximum absolute atomic E-state index is 12.8. The summed E-state index contributed by atoms with van der Waals surface area (Å²) in [5.41, 5.74) is 1.88. The summed E-state index contributed by atoms with van der Waals surface area (Å²) in [5.74, 6) is -0.617. The highest BCUT2D eigenvalue weighted by molar-refractivity contribution is 14.1. The molecule has 2 atom stereocenters. The molecule has 1 unspecified atom stereocenters. The van der Waals surface area contributed by atoms with Crippen LogP contribution in [0.1, 0.15) is 54.9 Å². The van der Waals surface area contributed by atoms with Crippen LogP contribution in [0.25, 0.3) is 0 Å². The summed E-state index contributed by atoms with van der Waals surface area (Å²) < 4.78 is 5.02. The van der Waals surface area contributed by atoms with E-state index in [0.717, 1.165) is 43.4 Å². The van der Waals surface area contributed by atoms with E-state index in [0.29, 0.717) is 12.1 Å². The summed E-state index contributed by atoms with van der Waals surface area (Å²) in [5, 5.41) is 3.09. The third-order valence-electron chi connectivity index (χ3n) is 6.71. The molecule has 1 aromatic carbocycles. The first-order valence-corrected chi connectivity index (χ1v) is 13.9. The molecule has 1 amide bonds. The maximum Gasteiger partial charge on any atom is 0.331 e. The average Bonchev–Trinajstić information content (AvgIpc) is 2.87. The molecular weight excluding hydrogens is 616 g/mol. The number of Topliss-reactive ketones (excluding diaryl/α,β-unsaturated/α-hetero) is 1. The van der Waals surface area contributed by atoms with E-state index in [-0.39, 0.29) is 31.9 Å². The second-order valence-corrected chi connectivity index (χ2v) is 11.0. The van der Waals surface area contributed by atoms with Crippen molar-refractivity contribution in [3.05, 3.63) is 57.8 Å². The Morgan fingerprint density at radius 1 is 1.17 bits per heavy atom. The zero-order valence-corrected chi connectivity index (χ0v) is 23.4. The lowest BCUT2D eigenvalue weighted by Gasteiger charge is -2.48. The number of carbonyl (C=O) groups is 3. The van der Waals surface area contributed by atoms with Crippen molar-refractivity contribution < 1.29 is 19.1 Å². The molecule has 10 heteroatoms. The summed E-state index contributed by atoms with van der Waals surface area (Å²) in [6.07, 6.45) is 7.78. The number of esters is 1. The highest BCUT2D eigenvalue weighted by Crippen LogP contribution is 2.49. The predicted molar refractivity (Wildman–Crippen MR) is 149 cm³/mol. The first-order chi connectivity index (χ1) is 17.3. The number of aliphatic imine (C=N–C) groups is 1. The van der Waals surface area contributed by atoms with Gasteiger partial charge in [0.1, 0.15) is 3.92 Å². The van der Waals surface area contributed by atoms with Gasteiger partial charge in [-0.2, -0.15) is 0 Å². The molecule has 1 heterocycles. The number of hydrogen-bond acceptors (Lipinski definition) is 6. The van der Waals surface area contributed by atoms with Crippen LogP contribution >= 0.6 is 45.8 Å². The normalized spacial score (nSPS) is 20.6. The van der Waals surface area contributed by atoms with Gasteiger partial charge in [-0.05, 0) is 37.5 Å². The number of benzene rings is 1. The van der Waals surface area contributed by atoms with Crippen molar-refractivity contribution in [2.75, 3.05) is 11.9 Å². The van der Waals surface area contributed by atoms with Gasteiger partial charge in [-0.1, -0.05) is 77.2 Å². The molecule has 0 aliphatic heterocycles. The van der Waals surface area contributed by atoms with Gasteiger partial charge in [-0.15, -0.1) is 0 Å². The lowest BCUT2D eigenvalue weighted by Crippen LogP contribution is -2.61. The highest BCUT2D eigenvalue weighted by atomic mass is 127. The molecule has 4 rings (SSSR count). The molecule has 0 radical (unpaired) electrons. The lowest BCUT2D eigenvalue weighted by molar-refractivity contribution is -0.144. The van der Waals surface area contributed by atoms with Crippen molar-refractivity contribution in [1.82, 2.24) is 4.98 Å². The molecular formula is C26H26Cl2IN3O4. The topological polar surface area (TPSA) is 97.7 Å². The molecule has 1 aromatic heterocycles. The van der Waals surface area contributed by atoms with E-state index < -0.39 is 23.3 Å². The second-order valence-electron chi connectivity index (χ2n) is 8.99. The highest BCUT2D eigenvalue weighted by Gasteiger charge is 2.58. The average molecular weight is 642 g/mol. The van der Waals surface area contributed by atoms with Crippen LogP contribution in [-0.2, 0) is 20.7 Å². The number of amides is 1. The third-order valence-corrected chi connectivity index (χ3v) is 8.44. The van der Waals surface area contributed by atoms with Gasteiger partial charge in [0.2, 0.25) is 0 Å². The number of rotatable bonds is 7. The minimum Gasteiger partial charge on any atom is -0.464 e. The van der Waals surface area contributed by atoms with E-state index in [2.05, 4.69) is 32.9 Å². The molecule has 7 nitrogen and oxygen atoms in total. The van der Waals surface area contributed by atoms with Gasteiger partial charge >= 0.3 is 5.97 Å². The number of hydrogen-bond donors (Lipinski definition) is 1. The zero-order valence-electron chi connectivity index (χ0n) is 19.7. The number of pyridine rings is 1. The molecule has 190 valence electrons. The van der Waals surface area contributed by atoms with Gasteiger partial charge in [-0.3, -0.25) is 19.6 Å². The van der Waals surface area contributed by atoms with Crippen LogP contribution in [0, 0.1) is 5.41 Å². The van der Waals surface area contributed by atoms with E-state index in [4.69, 9.17) is 32.9 Å². The van der Waals surface area contributed by atoms with Crippen molar-refractivity contribution in [3.63, 3.8) is 0 Å². The van der Waals surface area contributed by atoms with Crippen molar-refractivity contribution in [2.24, 2.45) is 10.4 Å². The zero-order chi connectivity index (χ0) is 25.9. The predicted octanol–water partition coefficient (Wildman–Crippen LogP) is 5.89. The molecule has 2 aliphatic carbocycles. The summed E-state index contributed by atoms with van der Waals surface area (Å²) >= 11 is 14.3. The quantitative estimate of drug-likeness (QED) is 0.231. The van der Waals surface area contributed by atoms with E-state index in [1.165, 1.54) is 12.4 Å². The van der Waals surface area contributed by atoms with Crippen LogP contribution in [0.5, 0.6) is 0 Å². The van der Waals surface area contributed by atoms with E-state index in [1.807, 2.05) is 12.1 Å². The van der Waals surface area contributed by atoms with E-state index in [1.54, 1.807) is 19.1 Å². The number of halogens is 3. The Kier molecular flexibility index (Phi) is 8.67. The largest absolute Gasteiger partial charge is 0.464 e. The Morgan fingerprint density at radius 2 is 1.81 bits per heavy atom. The number of anilines is 1. The Balaban J connectivity index is 1.51. The van der Waals surface area contributed by atoms with Crippen LogP contribution < -0.4 is 5.32 Å². The Bertz CT molecular complexity index is 1180. The summed E-state index contributed by atoms with van der Waals surface area (Å²) in [6.45, 7) is 2.01. The number of carbonyl (C=O) groups excluding carboxylic acids is 3. The van der Waals surface area contributed by atoms with Gasteiger partial charge in [-0.25, -0.2) is 4.79 Å². The molecule has 2 aromatic rings. The monoisotopic (exact) mass is 641 g/mol. The summed E-state index contributed by atoms with van der Waals surface area (Å²) in [6, 6.07) is 6.38. The fourth-order valence-electron chi connectivity index (χ4n) is 4.86. The first-order valence-electron chi connectivity index (χ1n) is 11.9. The number of nitrogens with one attached hydrogen (secondary N) is 1. The summed E-state index contributed by atoms with van der Waals surface area (Å²) in [4.78, 5) is 46.9. The second kappa shape index (κ2) is 11.6. The molecule has 2 fully saturated rings. The molecule has 0 bridgehead atoms. The standard InChI is InChI=1S/C26H26Cl2IN3O4/c1-2-36-25(35)19(32-22-21(29)23(33)26(22)10-4-3-5-11-26)12-15-6-8-16(9-7-15)31-24(34)20-17(27)13-30-14-18(20)28/h6-9,13-14,19,21H,2-5,10-12H2,1H3,(H,31,34)/t19-,21?/m0/s1. The number of aromatic nitrogens is 1. The van der Waals surface area contributed by atoms with E-state index >= 15 is 0 Å². The van der Waals surface area contributed by atoms with Crippen LogP contribution in [0.3, 0.4) is 0 Å². The van der Waals surface area contributed by atoms with E-state index in [9.17, 15) is 14.4 Å². The fourth-order valence-corrected chi connectivity index (χ4v) is 6.75. The number of nitrogens with zero attached hydrogens (tertiary/aromatic N) is 2. The minimum absolute atomic E-state index is 0.149. The van der Waals surface area contributed by atoms with Gasteiger partial charge < -0.3 is 10.1 Å². The molecule has 1 N–H and O–H groups in total. The fraction of sp³-hybridized carbons (Fsp3) is 0.423. The number of ketones is 1. The van der Waals surface area contributed by atoms with Crippen LogP contribution in [0.2, 0.25) is 10.0 Å². The van der Waals surface area contributed by atoms with Gasteiger partial charge in [0, 0.05) is 30.2 Å². The maximum atomic E-state index is 12.8. The molecule has 2 aliphatic rings. The number of ether oxygens (including phenoxy) is 1. The molecule has 2 saturated carbocycles. The number of alkyl halides is 1. The smallest absolute Gasteiger partial charge is 0.331 e. The SMILES string of the molecule is CCOC(=O)[C@H](Cc1ccc(NC(=O)c2c(Cl)cncc2Cl)cc1)N=C1C(I)C(=O)C12CCCCC2. The minimum atomic E-state index is -0.737. The van der Waals surface area contributed by atoms with Crippen LogP contribution in [-0.4, -0.2) is 44.9 Å². The van der Waals surface area contributed by atoms with Gasteiger partial charge in [0.25, 0.3) is 5.91 Å². The Labute approximate surface area is 233 Å². The van der Waals surface area contributed by atoms with Gasteiger partial charge in [0.05, 0.1) is 27.6 Å². The van der Waals surface area contributed by atoms with Gasteiger partial charge in [0.15, 0.2) is 11.8 Å². The Hall–Kier alpha value is -2.04. The van der Waals surface area contributed by atoms with Crippen molar-refractivity contribution in [2.45, 2.75) is 55.4 Å². The van der Waals surface area contributed by atoms with Crippen molar-refractivity contribution in [1.29, 1.82) is 0 Å². The van der Waals surface area contributed by atoms with Crippen molar-refractivity contribution >= 4 is 74.9 Å². The lowest BCUT2D eigenvalue weighted by atomic mass is 9.58. The van der Waals surface area contributed by atoms with Crippen LogP contribution in [0.15, 0.2) is 41.7 Å².